The Hall–Kier alpha value is -1.06. The summed E-state index contributed by atoms with van der Waals surface area (Å²) in [6, 6.07) is 3.79. The summed E-state index contributed by atoms with van der Waals surface area (Å²) in [5.41, 5.74) is 8.18. The third kappa shape index (κ3) is 1.85. The number of rotatable bonds is 2. The van der Waals surface area contributed by atoms with E-state index in [1.807, 2.05) is 6.07 Å². The van der Waals surface area contributed by atoms with Gasteiger partial charge in [-0.3, -0.25) is 0 Å². The normalized spacial score (nSPS) is 17.2. The maximum atomic E-state index is 10.0. The van der Waals surface area contributed by atoms with Gasteiger partial charge in [0.05, 0.1) is 6.10 Å². The van der Waals surface area contributed by atoms with Gasteiger partial charge in [0.1, 0.15) is 5.75 Å². The van der Waals surface area contributed by atoms with Crippen LogP contribution in [-0.2, 0) is 12.8 Å². The Morgan fingerprint density at radius 2 is 2.00 bits per heavy atom. The zero-order valence-corrected chi connectivity index (χ0v) is 8.74. The number of phenols is 1. The van der Waals surface area contributed by atoms with Gasteiger partial charge in [-0.2, -0.15) is 0 Å². The summed E-state index contributed by atoms with van der Waals surface area (Å²) in [5.74, 6) is 0.255. The van der Waals surface area contributed by atoms with Crippen LogP contribution in [0.2, 0.25) is 0 Å². The molecular formula is C12H17NO2. The zero-order valence-electron chi connectivity index (χ0n) is 8.74. The van der Waals surface area contributed by atoms with Crippen molar-refractivity contribution in [3.05, 3.63) is 28.8 Å². The lowest BCUT2D eigenvalue weighted by Gasteiger charge is -2.20. The minimum atomic E-state index is -0.753. The van der Waals surface area contributed by atoms with Crippen molar-refractivity contribution >= 4 is 0 Å². The predicted octanol–water partition coefficient (Wildman–Crippen LogP) is 1.26. The molecule has 15 heavy (non-hydrogen) atoms. The summed E-state index contributed by atoms with van der Waals surface area (Å²) in [6.07, 6.45) is 3.49. The van der Waals surface area contributed by atoms with Crippen molar-refractivity contribution < 1.29 is 10.2 Å². The second-order valence-electron chi connectivity index (χ2n) is 4.10. The van der Waals surface area contributed by atoms with Crippen LogP contribution in [0.15, 0.2) is 12.1 Å². The molecule has 0 amide bonds. The Morgan fingerprint density at radius 3 is 2.73 bits per heavy atom. The second kappa shape index (κ2) is 4.21. The molecule has 2 rings (SSSR count). The Morgan fingerprint density at radius 1 is 1.27 bits per heavy atom. The van der Waals surface area contributed by atoms with Crippen LogP contribution in [0.3, 0.4) is 0 Å². The molecule has 1 atom stereocenters. The molecule has 4 N–H and O–H groups in total. The first-order chi connectivity index (χ1) is 7.24. The Kier molecular flexibility index (Phi) is 2.93. The van der Waals surface area contributed by atoms with Crippen molar-refractivity contribution in [1.29, 1.82) is 0 Å². The van der Waals surface area contributed by atoms with Gasteiger partial charge in [-0.1, -0.05) is 12.1 Å². The smallest absolute Gasteiger partial charge is 0.124 e. The van der Waals surface area contributed by atoms with Crippen LogP contribution < -0.4 is 5.73 Å². The summed E-state index contributed by atoms with van der Waals surface area (Å²) in [6.45, 7) is 0.145. The van der Waals surface area contributed by atoms with E-state index in [1.54, 1.807) is 6.07 Å². The molecule has 3 heteroatoms. The highest BCUT2D eigenvalue weighted by molar-refractivity contribution is 5.47. The molecule has 1 aliphatic carbocycles. The van der Waals surface area contributed by atoms with Crippen molar-refractivity contribution in [2.24, 2.45) is 5.73 Å². The monoisotopic (exact) mass is 207 g/mol. The van der Waals surface area contributed by atoms with E-state index in [4.69, 9.17) is 5.73 Å². The number of hydrogen-bond acceptors (Lipinski definition) is 3. The average Bonchev–Trinajstić information content (AvgIpc) is 2.29. The van der Waals surface area contributed by atoms with E-state index >= 15 is 0 Å². The highest BCUT2D eigenvalue weighted by Crippen LogP contribution is 2.34. The zero-order chi connectivity index (χ0) is 10.8. The van der Waals surface area contributed by atoms with Gasteiger partial charge in [0, 0.05) is 12.1 Å². The molecule has 0 radical (unpaired) electrons. The molecule has 0 bridgehead atoms. The van der Waals surface area contributed by atoms with E-state index < -0.39 is 6.10 Å². The maximum absolute atomic E-state index is 10.0. The first-order valence-electron chi connectivity index (χ1n) is 5.45. The molecule has 0 aliphatic heterocycles. The number of fused-ring (bicyclic) bond motifs is 1. The van der Waals surface area contributed by atoms with Crippen molar-refractivity contribution in [3.63, 3.8) is 0 Å². The number of aliphatic hydroxyl groups is 1. The van der Waals surface area contributed by atoms with Gasteiger partial charge in [0.15, 0.2) is 0 Å². The van der Waals surface area contributed by atoms with E-state index in [0.717, 1.165) is 24.8 Å². The molecule has 0 saturated carbocycles. The summed E-state index contributed by atoms with van der Waals surface area (Å²) in [7, 11) is 0. The second-order valence-corrected chi connectivity index (χ2v) is 4.10. The molecule has 1 aromatic carbocycles. The fourth-order valence-corrected chi connectivity index (χ4v) is 2.22. The van der Waals surface area contributed by atoms with E-state index in [1.165, 1.54) is 12.0 Å². The Balaban J connectivity index is 2.43. The Labute approximate surface area is 89.5 Å². The van der Waals surface area contributed by atoms with E-state index in [-0.39, 0.29) is 12.3 Å². The van der Waals surface area contributed by atoms with Crippen molar-refractivity contribution in [1.82, 2.24) is 0 Å². The van der Waals surface area contributed by atoms with Gasteiger partial charge in [0.2, 0.25) is 0 Å². The molecule has 3 nitrogen and oxygen atoms in total. The van der Waals surface area contributed by atoms with E-state index in [9.17, 15) is 10.2 Å². The number of nitrogens with two attached hydrogens (primary N) is 1. The molecule has 0 spiro atoms. The summed E-state index contributed by atoms with van der Waals surface area (Å²) >= 11 is 0. The summed E-state index contributed by atoms with van der Waals surface area (Å²) in [4.78, 5) is 0. The van der Waals surface area contributed by atoms with Gasteiger partial charge in [-0.25, -0.2) is 0 Å². The molecule has 0 fully saturated rings. The van der Waals surface area contributed by atoms with Gasteiger partial charge in [-0.05, 0) is 36.8 Å². The summed E-state index contributed by atoms with van der Waals surface area (Å²) < 4.78 is 0. The lowest BCUT2D eigenvalue weighted by molar-refractivity contribution is 0.182. The fourth-order valence-electron chi connectivity index (χ4n) is 2.22. The molecule has 1 aliphatic rings. The molecule has 1 aromatic rings. The van der Waals surface area contributed by atoms with Crippen LogP contribution in [0.1, 0.15) is 35.6 Å². The largest absolute Gasteiger partial charge is 0.507 e. The number of benzene rings is 1. The van der Waals surface area contributed by atoms with Crippen LogP contribution in [0.4, 0.5) is 0 Å². The quantitative estimate of drug-likeness (QED) is 0.684. The van der Waals surface area contributed by atoms with Crippen LogP contribution in [0.5, 0.6) is 5.75 Å². The first-order valence-corrected chi connectivity index (χ1v) is 5.45. The van der Waals surface area contributed by atoms with Crippen LogP contribution >= 0.6 is 0 Å². The molecule has 82 valence electrons. The molecular weight excluding hydrogens is 190 g/mol. The minimum absolute atomic E-state index is 0.145. The summed E-state index contributed by atoms with van der Waals surface area (Å²) in [5, 5.41) is 19.6. The third-order valence-electron chi connectivity index (χ3n) is 3.12. The lowest BCUT2D eigenvalue weighted by atomic mass is 9.88. The van der Waals surface area contributed by atoms with Gasteiger partial charge < -0.3 is 15.9 Å². The van der Waals surface area contributed by atoms with Crippen LogP contribution in [-0.4, -0.2) is 16.8 Å². The van der Waals surface area contributed by atoms with E-state index in [0.29, 0.717) is 5.56 Å². The average molecular weight is 207 g/mol. The highest BCUT2D eigenvalue weighted by Gasteiger charge is 2.18. The number of phenolic OH excluding ortho intramolecular Hbond substituents is 1. The predicted molar refractivity (Wildman–Crippen MR) is 58.8 cm³/mol. The third-order valence-corrected chi connectivity index (χ3v) is 3.12. The highest BCUT2D eigenvalue weighted by atomic mass is 16.3. The number of aryl methyl sites for hydroxylation is 1. The molecule has 1 unspecified atom stereocenters. The Bertz CT molecular complexity index is 363. The van der Waals surface area contributed by atoms with Gasteiger partial charge in [0.25, 0.3) is 0 Å². The lowest BCUT2D eigenvalue weighted by Crippen LogP contribution is -2.13. The minimum Gasteiger partial charge on any atom is -0.507 e. The van der Waals surface area contributed by atoms with Crippen molar-refractivity contribution in [2.45, 2.75) is 31.8 Å². The molecule has 0 aromatic heterocycles. The van der Waals surface area contributed by atoms with Gasteiger partial charge in [-0.15, -0.1) is 0 Å². The molecule has 0 heterocycles. The number of aliphatic hydroxyl groups excluding tert-OH is 1. The van der Waals surface area contributed by atoms with Crippen molar-refractivity contribution in [2.75, 3.05) is 6.54 Å². The standard InChI is InChI=1S/C12H17NO2/c13-7-11(14)10-6-5-8-3-1-2-4-9(8)12(10)15/h5-6,11,14-15H,1-4,7,13H2. The van der Waals surface area contributed by atoms with E-state index in [2.05, 4.69) is 0 Å². The maximum Gasteiger partial charge on any atom is 0.124 e. The van der Waals surface area contributed by atoms with Crippen molar-refractivity contribution in [3.8, 4) is 5.75 Å². The topological polar surface area (TPSA) is 66.5 Å². The first kappa shape index (κ1) is 10.5. The van der Waals surface area contributed by atoms with Crippen LogP contribution in [0.25, 0.3) is 0 Å². The number of hydrogen-bond donors (Lipinski definition) is 3. The number of aromatic hydroxyl groups is 1. The fraction of sp³-hybridized carbons (Fsp3) is 0.500. The SMILES string of the molecule is NCC(O)c1ccc2c(c1O)CCCC2. The van der Waals surface area contributed by atoms with Crippen LogP contribution in [0, 0.1) is 0 Å². The molecule has 0 saturated heterocycles. The van der Waals surface area contributed by atoms with Gasteiger partial charge >= 0.3 is 0 Å².